The number of carboxylic acid groups (broad SMARTS) is 1. The van der Waals surface area contributed by atoms with Crippen molar-refractivity contribution in [3.63, 3.8) is 0 Å². The van der Waals surface area contributed by atoms with Gasteiger partial charge < -0.3 is 19.5 Å². The van der Waals surface area contributed by atoms with E-state index in [1.807, 2.05) is 38.1 Å². The van der Waals surface area contributed by atoms with Crippen LogP contribution in [0, 0.1) is 12.8 Å². The van der Waals surface area contributed by atoms with E-state index in [0.29, 0.717) is 6.61 Å². The van der Waals surface area contributed by atoms with Crippen molar-refractivity contribution in [2.45, 2.75) is 70.9 Å². The van der Waals surface area contributed by atoms with E-state index in [1.165, 1.54) is 22.0 Å². The predicted octanol–water partition coefficient (Wildman–Crippen LogP) is 6.20. The van der Waals surface area contributed by atoms with Crippen molar-refractivity contribution in [3.8, 4) is 11.6 Å². The molecule has 2 unspecified atom stereocenters. The molecule has 7 rings (SSSR count). The van der Waals surface area contributed by atoms with Crippen LogP contribution in [0.1, 0.15) is 64.9 Å². The third-order valence-corrected chi connectivity index (χ3v) is 9.42. The summed E-state index contributed by atoms with van der Waals surface area (Å²) in [5.41, 5.74) is 4.92. The first kappa shape index (κ1) is 28.6. The number of aromatic carboxylic acids is 1. The number of fused-ring (bicyclic) bond motifs is 4. The molecule has 3 aliphatic heterocycles. The van der Waals surface area contributed by atoms with Crippen LogP contribution in [0.25, 0.3) is 5.82 Å². The molecular formula is C34H36F2N4O4. The smallest absolute Gasteiger partial charge is 0.342 e. The lowest BCUT2D eigenvalue weighted by Gasteiger charge is -2.49. The summed E-state index contributed by atoms with van der Waals surface area (Å²) in [5.74, 6) is -1.74. The Kier molecular flexibility index (Phi) is 6.80. The summed E-state index contributed by atoms with van der Waals surface area (Å²) in [6.07, 6.45) is 7.73. The Morgan fingerprint density at radius 1 is 1.20 bits per heavy atom. The van der Waals surface area contributed by atoms with E-state index in [0.717, 1.165) is 54.3 Å². The number of benzene rings is 2. The van der Waals surface area contributed by atoms with Gasteiger partial charge in [-0.15, -0.1) is 0 Å². The van der Waals surface area contributed by atoms with Gasteiger partial charge in [0.15, 0.2) is 6.23 Å². The number of carbonyl (C=O) groups is 1. The van der Waals surface area contributed by atoms with Gasteiger partial charge in [-0.1, -0.05) is 48.6 Å². The highest BCUT2D eigenvalue weighted by atomic mass is 19.3. The first-order valence-electron chi connectivity index (χ1n) is 15.1. The zero-order valence-electron chi connectivity index (χ0n) is 25.1. The summed E-state index contributed by atoms with van der Waals surface area (Å²) in [7, 11) is 0. The monoisotopic (exact) mass is 602 g/mol. The molecule has 3 aromatic rings. The maximum absolute atomic E-state index is 13.3. The third kappa shape index (κ3) is 4.85. The second-order valence-corrected chi connectivity index (χ2v) is 12.7. The van der Waals surface area contributed by atoms with E-state index >= 15 is 0 Å². The van der Waals surface area contributed by atoms with Gasteiger partial charge in [0.05, 0.1) is 11.7 Å². The lowest BCUT2D eigenvalue weighted by Crippen LogP contribution is -2.53. The van der Waals surface area contributed by atoms with E-state index in [9.17, 15) is 18.7 Å². The standard InChI is InChI=1S/C34H36F2N4O4/c1-21-6-4-7-28(33(3)12-5-8-29-39(33)22(2)44-31-27(32(41)42)17-37-40(29)31)30(21)43-20-23-9-10-26-19-38(13-11-25(26)14-23)18-24-15-34(35,36)16-24/h4-10,12,14,17,22,24H,11,13,15-16,18-20H2,1-3H3,(H,41,42). The summed E-state index contributed by atoms with van der Waals surface area (Å²) in [6.45, 7) is 8.84. The number of nitrogens with zero attached hydrogens (tertiary/aromatic N) is 4. The number of aromatic nitrogens is 2. The van der Waals surface area contributed by atoms with E-state index in [2.05, 4.69) is 52.2 Å². The molecule has 0 spiro atoms. The Labute approximate surface area is 255 Å². The summed E-state index contributed by atoms with van der Waals surface area (Å²) in [4.78, 5) is 16.2. The summed E-state index contributed by atoms with van der Waals surface area (Å²) in [5, 5.41) is 14.0. The number of halogens is 2. The molecule has 1 aromatic heterocycles. The van der Waals surface area contributed by atoms with E-state index in [4.69, 9.17) is 9.47 Å². The topological polar surface area (TPSA) is 80.1 Å². The molecule has 0 radical (unpaired) electrons. The number of carboxylic acids is 1. The van der Waals surface area contributed by atoms with Gasteiger partial charge in [0.1, 0.15) is 23.7 Å². The van der Waals surface area contributed by atoms with Crippen molar-refractivity contribution in [2.75, 3.05) is 13.1 Å². The molecule has 8 nitrogen and oxygen atoms in total. The third-order valence-electron chi connectivity index (χ3n) is 9.42. The number of aryl methyl sites for hydroxylation is 1. The molecule has 230 valence electrons. The normalized spacial score (nSPS) is 24.0. The molecule has 1 fully saturated rings. The van der Waals surface area contributed by atoms with Crippen LogP contribution in [-0.4, -0.2) is 55.9 Å². The van der Waals surface area contributed by atoms with Crippen molar-refractivity contribution >= 4 is 11.8 Å². The largest absolute Gasteiger partial charge is 0.488 e. The number of para-hydroxylation sites is 1. The summed E-state index contributed by atoms with van der Waals surface area (Å²) >= 11 is 0. The van der Waals surface area contributed by atoms with Crippen LogP contribution in [0.5, 0.6) is 11.6 Å². The molecule has 2 atom stereocenters. The fourth-order valence-corrected chi connectivity index (χ4v) is 7.24. The Balaban J connectivity index is 1.10. The van der Waals surface area contributed by atoms with Crippen LogP contribution in [0.15, 0.2) is 60.8 Å². The van der Waals surface area contributed by atoms with Crippen molar-refractivity contribution in [1.82, 2.24) is 19.6 Å². The lowest BCUT2D eigenvalue weighted by atomic mass is 9.80. The number of ether oxygens (including phenoxy) is 2. The molecule has 4 aliphatic rings. The van der Waals surface area contributed by atoms with Gasteiger partial charge in [-0.2, -0.15) is 9.78 Å². The molecule has 44 heavy (non-hydrogen) atoms. The second kappa shape index (κ2) is 10.5. The number of hydrogen-bond donors (Lipinski definition) is 1. The van der Waals surface area contributed by atoms with E-state index in [-0.39, 0.29) is 30.2 Å². The minimum Gasteiger partial charge on any atom is -0.488 e. The number of alkyl halides is 2. The van der Waals surface area contributed by atoms with Crippen LogP contribution in [0.3, 0.4) is 0 Å². The van der Waals surface area contributed by atoms with Crippen molar-refractivity contribution in [3.05, 3.63) is 94.2 Å². The van der Waals surface area contributed by atoms with E-state index in [1.54, 1.807) is 0 Å². The number of allylic oxidation sites excluding steroid dienone is 2. The highest BCUT2D eigenvalue weighted by Gasteiger charge is 2.46. The number of rotatable bonds is 7. The Morgan fingerprint density at radius 3 is 2.80 bits per heavy atom. The minimum atomic E-state index is -2.47. The Hall–Kier alpha value is -4.18. The van der Waals surface area contributed by atoms with Gasteiger partial charge in [0.25, 0.3) is 0 Å². The Bertz CT molecular complexity index is 1690. The summed E-state index contributed by atoms with van der Waals surface area (Å²) in [6, 6.07) is 12.6. The van der Waals surface area contributed by atoms with Crippen molar-refractivity contribution < 1.29 is 28.2 Å². The molecule has 1 aliphatic carbocycles. The lowest BCUT2D eigenvalue weighted by molar-refractivity contribution is -0.117. The molecule has 0 bridgehead atoms. The zero-order chi connectivity index (χ0) is 30.8. The maximum Gasteiger partial charge on any atom is 0.342 e. The van der Waals surface area contributed by atoms with Gasteiger partial charge in [0.2, 0.25) is 11.8 Å². The first-order valence-corrected chi connectivity index (χ1v) is 15.1. The average Bonchev–Trinajstić information content (AvgIpc) is 3.40. The first-order chi connectivity index (χ1) is 21.0. The quantitative estimate of drug-likeness (QED) is 0.345. The van der Waals surface area contributed by atoms with Crippen LogP contribution in [0.4, 0.5) is 8.78 Å². The van der Waals surface area contributed by atoms with E-state index < -0.39 is 23.7 Å². The molecule has 0 saturated heterocycles. The van der Waals surface area contributed by atoms with Gasteiger partial charge in [-0.25, -0.2) is 13.6 Å². The average molecular weight is 603 g/mol. The molecule has 10 heteroatoms. The molecule has 0 amide bonds. The van der Waals surface area contributed by atoms with Gasteiger partial charge in [-0.3, -0.25) is 4.90 Å². The van der Waals surface area contributed by atoms with Crippen molar-refractivity contribution in [1.29, 1.82) is 0 Å². The predicted molar refractivity (Wildman–Crippen MR) is 160 cm³/mol. The number of hydrogen-bond acceptors (Lipinski definition) is 6. The van der Waals surface area contributed by atoms with Gasteiger partial charge in [0, 0.05) is 38.0 Å². The SMILES string of the molecule is Cc1cccc(C2(C)C=CC=C3N2C(C)Oc2c(C(=O)O)cnn23)c1OCc1ccc2c(c1)CCN(CC1CC(F)(F)C1)C2. The fraction of sp³-hybridized carbons (Fsp3) is 0.412. The second-order valence-electron chi connectivity index (χ2n) is 12.7. The molecule has 4 heterocycles. The maximum atomic E-state index is 13.3. The molecular weight excluding hydrogens is 566 g/mol. The highest BCUT2D eigenvalue weighted by Crippen LogP contribution is 2.47. The van der Waals surface area contributed by atoms with Crippen LogP contribution < -0.4 is 9.47 Å². The molecule has 1 N–H and O–H groups in total. The van der Waals surface area contributed by atoms with Gasteiger partial charge >= 0.3 is 5.97 Å². The molecule has 1 saturated carbocycles. The minimum absolute atomic E-state index is 0.0135. The van der Waals surface area contributed by atoms with Crippen LogP contribution in [-0.2, 0) is 25.1 Å². The zero-order valence-corrected chi connectivity index (χ0v) is 25.1. The van der Waals surface area contributed by atoms with Gasteiger partial charge in [-0.05, 0) is 61.4 Å². The van der Waals surface area contributed by atoms with Crippen molar-refractivity contribution in [2.24, 2.45) is 5.92 Å². The van der Waals surface area contributed by atoms with Crippen LogP contribution in [0.2, 0.25) is 0 Å². The Morgan fingerprint density at radius 2 is 2.02 bits per heavy atom. The highest BCUT2D eigenvalue weighted by molar-refractivity contribution is 5.90. The summed E-state index contributed by atoms with van der Waals surface area (Å²) < 4.78 is 40.9. The molecule has 2 aromatic carbocycles. The fourth-order valence-electron chi connectivity index (χ4n) is 7.24. The van der Waals surface area contributed by atoms with Crippen LogP contribution >= 0.6 is 0 Å².